The minimum absolute atomic E-state index is 0. The van der Waals surface area contributed by atoms with Gasteiger partial charge in [0.15, 0.2) is 0 Å². The van der Waals surface area contributed by atoms with E-state index in [1.54, 1.807) is 0 Å². The van der Waals surface area contributed by atoms with Gasteiger partial charge in [0.1, 0.15) is 17.2 Å². The van der Waals surface area contributed by atoms with Crippen molar-refractivity contribution in [3.63, 3.8) is 0 Å². The molecular weight excluding hydrogens is 357 g/mol. The average Bonchev–Trinajstić information content (AvgIpc) is 2.95. The number of benzene rings is 1. The van der Waals surface area contributed by atoms with Gasteiger partial charge in [-0.05, 0) is 31.4 Å². The highest BCUT2D eigenvalue weighted by atomic mass is 35.5. The Balaban J connectivity index is 0.00000208. The first kappa shape index (κ1) is 19.2. The highest BCUT2D eigenvalue weighted by Crippen LogP contribution is 2.32. The van der Waals surface area contributed by atoms with Gasteiger partial charge >= 0.3 is 6.18 Å². The summed E-state index contributed by atoms with van der Waals surface area (Å²) in [7, 11) is 2.26. The molecule has 132 valence electrons. The number of piperidine rings is 1. The maximum absolute atomic E-state index is 12.6. The van der Waals surface area contributed by atoms with Crippen molar-refractivity contribution >= 4 is 11.3 Å². The fraction of sp³-hybridized carbons (Fsp3) is 0.471. The molecule has 1 fully saturated rings. The van der Waals surface area contributed by atoms with Crippen LogP contribution in [0.2, 0.25) is 0 Å². The van der Waals surface area contributed by atoms with Crippen LogP contribution >= 0.6 is 11.3 Å². The van der Waals surface area contributed by atoms with Crippen molar-refractivity contribution in [3.8, 4) is 10.6 Å². The van der Waals surface area contributed by atoms with E-state index in [4.69, 9.17) is 0 Å². The molecule has 0 bridgehead atoms. The molecule has 3 rings (SSSR count). The quantitative estimate of drug-likeness (QED) is 0.746. The number of hydrogen-bond acceptors (Lipinski definition) is 2. The molecule has 2 aromatic rings. The second-order valence-electron chi connectivity index (χ2n) is 6.50. The van der Waals surface area contributed by atoms with Gasteiger partial charge in [-0.1, -0.05) is 12.1 Å². The van der Waals surface area contributed by atoms with E-state index in [9.17, 15) is 13.2 Å². The number of aromatic nitrogens is 1. The summed E-state index contributed by atoms with van der Waals surface area (Å²) in [6, 6.07) is 5.25. The van der Waals surface area contributed by atoms with Crippen molar-refractivity contribution in [1.82, 2.24) is 4.98 Å². The van der Waals surface area contributed by atoms with E-state index in [0.717, 1.165) is 39.4 Å². The Labute approximate surface area is 150 Å². The van der Waals surface area contributed by atoms with E-state index in [1.807, 2.05) is 5.38 Å². The largest absolute Gasteiger partial charge is 1.00 e. The molecule has 0 aliphatic carbocycles. The standard InChI is InChI=1S/C17H20F3N2S.ClH/c1-22(9-3-2-4-10-22)11-15-12-23-16(21-15)13-5-7-14(8-6-13)17(18,19)20;/h5-8,12H,2-4,9-11H2,1H3;1H/q+1;/p-1. The van der Waals surface area contributed by atoms with E-state index >= 15 is 0 Å². The zero-order chi connectivity index (χ0) is 16.5. The number of halogens is 4. The second-order valence-corrected chi connectivity index (χ2v) is 7.36. The van der Waals surface area contributed by atoms with Gasteiger partial charge in [-0.15, -0.1) is 11.3 Å². The Kier molecular flexibility index (Phi) is 5.94. The molecule has 0 radical (unpaired) electrons. The van der Waals surface area contributed by atoms with Crippen LogP contribution in [0.4, 0.5) is 13.2 Å². The number of likely N-dealkylation sites (tertiary alicyclic amines) is 1. The van der Waals surface area contributed by atoms with Crippen LogP contribution in [0.25, 0.3) is 10.6 Å². The molecule has 2 nitrogen and oxygen atoms in total. The molecule has 2 heterocycles. The third-order valence-electron chi connectivity index (χ3n) is 4.45. The monoisotopic (exact) mass is 376 g/mol. The average molecular weight is 377 g/mol. The first-order valence-electron chi connectivity index (χ1n) is 7.81. The highest BCUT2D eigenvalue weighted by Gasteiger charge is 2.30. The molecule has 24 heavy (non-hydrogen) atoms. The maximum atomic E-state index is 12.6. The lowest BCUT2D eigenvalue weighted by Gasteiger charge is -2.37. The maximum Gasteiger partial charge on any atom is 0.416 e. The molecule has 7 heteroatoms. The summed E-state index contributed by atoms with van der Waals surface area (Å²) < 4.78 is 38.9. The Morgan fingerprint density at radius 1 is 1.08 bits per heavy atom. The third-order valence-corrected chi connectivity index (χ3v) is 5.39. The molecule has 0 amide bonds. The Morgan fingerprint density at radius 3 is 2.29 bits per heavy atom. The molecule has 0 spiro atoms. The van der Waals surface area contributed by atoms with Gasteiger partial charge in [0.25, 0.3) is 0 Å². The van der Waals surface area contributed by atoms with Gasteiger partial charge < -0.3 is 16.9 Å². The number of quaternary nitrogens is 1. The van der Waals surface area contributed by atoms with Crippen LogP contribution in [0.5, 0.6) is 0 Å². The van der Waals surface area contributed by atoms with E-state index in [2.05, 4.69) is 12.0 Å². The molecule has 0 N–H and O–H groups in total. The van der Waals surface area contributed by atoms with Crippen LogP contribution in [0.15, 0.2) is 29.6 Å². The van der Waals surface area contributed by atoms with Crippen LogP contribution in [-0.2, 0) is 12.7 Å². The van der Waals surface area contributed by atoms with E-state index in [0.29, 0.717) is 0 Å². The van der Waals surface area contributed by atoms with Crippen LogP contribution in [0.1, 0.15) is 30.5 Å². The highest BCUT2D eigenvalue weighted by molar-refractivity contribution is 7.13. The van der Waals surface area contributed by atoms with Crippen molar-refractivity contribution in [3.05, 3.63) is 40.9 Å². The minimum atomic E-state index is -4.29. The molecule has 0 unspecified atom stereocenters. The summed E-state index contributed by atoms with van der Waals surface area (Å²) in [5, 5.41) is 2.82. The van der Waals surface area contributed by atoms with Gasteiger partial charge in [0, 0.05) is 10.9 Å². The minimum Gasteiger partial charge on any atom is -1.00 e. The lowest BCUT2D eigenvalue weighted by molar-refractivity contribution is -0.927. The lowest BCUT2D eigenvalue weighted by Crippen LogP contribution is -3.00. The Bertz CT molecular complexity index is 661. The van der Waals surface area contributed by atoms with E-state index < -0.39 is 11.7 Å². The summed E-state index contributed by atoms with van der Waals surface area (Å²) in [5.41, 5.74) is 1.16. The molecule has 0 atom stereocenters. The number of alkyl halides is 3. The first-order valence-corrected chi connectivity index (χ1v) is 8.69. The second kappa shape index (κ2) is 7.42. The zero-order valence-electron chi connectivity index (χ0n) is 13.4. The molecule has 1 aromatic heterocycles. The number of nitrogens with zero attached hydrogens (tertiary/aromatic N) is 2. The molecule has 1 aliphatic heterocycles. The van der Waals surface area contributed by atoms with Crippen LogP contribution in [0.3, 0.4) is 0 Å². The molecular formula is C17H20ClF3N2S. The van der Waals surface area contributed by atoms with Gasteiger partial charge in [-0.3, -0.25) is 0 Å². The van der Waals surface area contributed by atoms with Crippen LogP contribution < -0.4 is 12.4 Å². The Hall–Kier alpha value is -1.11. The molecule has 1 aromatic carbocycles. The third kappa shape index (κ3) is 4.49. The smallest absolute Gasteiger partial charge is 0.416 e. The number of hydrogen-bond donors (Lipinski definition) is 0. The van der Waals surface area contributed by atoms with Crippen molar-refractivity contribution < 1.29 is 30.1 Å². The predicted molar refractivity (Wildman–Crippen MR) is 86.0 cm³/mol. The lowest BCUT2D eigenvalue weighted by atomic mass is 10.1. The van der Waals surface area contributed by atoms with E-state index in [1.165, 1.54) is 55.8 Å². The predicted octanol–water partition coefficient (Wildman–Crippen LogP) is 1.96. The topological polar surface area (TPSA) is 12.9 Å². The van der Waals surface area contributed by atoms with Crippen LogP contribution in [-0.4, -0.2) is 29.6 Å². The Morgan fingerprint density at radius 2 is 1.71 bits per heavy atom. The van der Waals surface area contributed by atoms with Crippen LogP contribution in [0, 0.1) is 0 Å². The molecule has 1 saturated heterocycles. The van der Waals surface area contributed by atoms with Crippen molar-refractivity contribution in [1.29, 1.82) is 0 Å². The van der Waals surface area contributed by atoms with Crippen molar-refractivity contribution in [2.75, 3.05) is 20.1 Å². The van der Waals surface area contributed by atoms with Crippen molar-refractivity contribution in [2.24, 2.45) is 0 Å². The molecule has 1 aliphatic rings. The van der Waals surface area contributed by atoms with Gasteiger partial charge in [-0.2, -0.15) is 13.2 Å². The van der Waals surface area contributed by atoms with Gasteiger partial charge in [0.05, 0.1) is 25.7 Å². The fourth-order valence-electron chi connectivity index (χ4n) is 3.14. The number of thiazole rings is 1. The van der Waals surface area contributed by atoms with Crippen molar-refractivity contribution in [2.45, 2.75) is 32.0 Å². The summed E-state index contributed by atoms with van der Waals surface area (Å²) in [6.45, 7) is 3.25. The fourth-order valence-corrected chi connectivity index (χ4v) is 3.96. The van der Waals surface area contributed by atoms with Gasteiger partial charge in [-0.25, -0.2) is 4.98 Å². The summed E-state index contributed by atoms with van der Waals surface area (Å²) in [6.07, 6.45) is -0.472. The number of rotatable bonds is 3. The molecule has 0 saturated carbocycles. The van der Waals surface area contributed by atoms with Gasteiger partial charge in [0.2, 0.25) is 0 Å². The first-order chi connectivity index (χ1) is 10.9. The normalized spacial score (nSPS) is 17.3. The summed E-state index contributed by atoms with van der Waals surface area (Å²) >= 11 is 1.50. The summed E-state index contributed by atoms with van der Waals surface area (Å²) in [4.78, 5) is 4.63. The van der Waals surface area contributed by atoms with E-state index in [-0.39, 0.29) is 12.4 Å². The zero-order valence-corrected chi connectivity index (χ0v) is 15.0. The summed E-state index contributed by atoms with van der Waals surface area (Å²) in [5.74, 6) is 0. The SMILES string of the molecule is C[N+]1(Cc2csc(-c3ccc(C(F)(F)F)cc3)n2)CCCCC1.[Cl-].